The van der Waals surface area contributed by atoms with Gasteiger partial charge >= 0.3 is 0 Å². The van der Waals surface area contributed by atoms with E-state index in [2.05, 4.69) is 12.2 Å². The van der Waals surface area contributed by atoms with Crippen molar-refractivity contribution in [2.24, 2.45) is 11.8 Å². The summed E-state index contributed by atoms with van der Waals surface area (Å²) in [6, 6.07) is 4.04. The molecule has 0 aliphatic carbocycles. The van der Waals surface area contributed by atoms with E-state index in [0.717, 1.165) is 13.1 Å². The Balaban J connectivity index is 1.95. The van der Waals surface area contributed by atoms with Gasteiger partial charge in [-0.15, -0.1) is 11.3 Å². The minimum atomic E-state index is 0.233. The van der Waals surface area contributed by atoms with Gasteiger partial charge in [0.05, 0.1) is 0 Å². The summed E-state index contributed by atoms with van der Waals surface area (Å²) in [5, 5.41) is 5.29. The lowest BCUT2D eigenvalue weighted by Crippen LogP contribution is -2.22. The zero-order valence-electron chi connectivity index (χ0n) is 8.32. The molecule has 1 saturated heterocycles. The van der Waals surface area contributed by atoms with Crippen molar-refractivity contribution in [3.63, 3.8) is 0 Å². The zero-order chi connectivity index (χ0) is 9.97. The van der Waals surface area contributed by atoms with Gasteiger partial charge in [-0.3, -0.25) is 4.79 Å². The van der Waals surface area contributed by atoms with E-state index in [0.29, 0.717) is 18.1 Å². The Hall–Kier alpha value is -0.670. The molecule has 14 heavy (non-hydrogen) atoms. The van der Waals surface area contributed by atoms with Crippen molar-refractivity contribution in [3.8, 4) is 0 Å². The van der Waals surface area contributed by atoms with Gasteiger partial charge in [0.1, 0.15) is 5.78 Å². The number of rotatable bonds is 3. The highest BCUT2D eigenvalue weighted by molar-refractivity contribution is 7.10. The molecule has 76 valence electrons. The van der Waals surface area contributed by atoms with Crippen LogP contribution in [0.2, 0.25) is 0 Å². The number of carbonyl (C=O) groups is 1. The SMILES string of the molecule is CC1CNCC1C(=O)Cc1cccs1. The molecule has 1 N–H and O–H groups in total. The summed E-state index contributed by atoms with van der Waals surface area (Å²) in [5.74, 6) is 1.13. The van der Waals surface area contributed by atoms with E-state index < -0.39 is 0 Å². The van der Waals surface area contributed by atoms with E-state index in [1.807, 2.05) is 17.5 Å². The van der Waals surface area contributed by atoms with E-state index in [9.17, 15) is 4.79 Å². The van der Waals surface area contributed by atoms with Gasteiger partial charge in [0, 0.05) is 23.8 Å². The van der Waals surface area contributed by atoms with E-state index in [1.165, 1.54) is 4.88 Å². The molecule has 0 radical (unpaired) electrons. The predicted octanol–water partition coefficient (Wildman–Crippen LogP) is 1.72. The van der Waals surface area contributed by atoms with E-state index >= 15 is 0 Å². The minimum Gasteiger partial charge on any atom is -0.316 e. The zero-order valence-corrected chi connectivity index (χ0v) is 9.14. The summed E-state index contributed by atoms with van der Waals surface area (Å²) >= 11 is 1.67. The molecule has 1 aliphatic heterocycles. The van der Waals surface area contributed by atoms with Crippen molar-refractivity contribution in [2.45, 2.75) is 13.3 Å². The Morgan fingerprint density at radius 3 is 3.07 bits per heavy atom. The molecule has 2 atom stereocenters. The minimum absolute atomic E-state index is 0.233. The van der Waals surface area contributed by atoms with Gasteiger partial charge in [-0.25, -0.2) is 0 Å². The Bertz CT molecular complexity index is 307. The highest BCUT2D eigenvalue weighted by Crippen LogP contribution is 2.20. The molecule has 2 unspecified atom stereocenters. The quantitative estimate of drug-likeness (QED) is 0.821. The molecular weight excluding hydrogens is 194 g/mol. The molecule has 2 nitrogen and oxygen atoms in total. The van der Waals surface area contributed by atoms with Gasteiger partial charge in [-0.05, 0) is 23.9 Å². The summed E-state index contributed by atoms with van der Waals surface area (Å²) in [6.45, 7) is 4.00. The molecule has 0 spiro atoms. The van der Waals surface area contributed by atoms with Gasteiger partial charge in [0.2, 0.25) is 0 Å². The monoisotopic (exact) mass is 209 g/mol. The Morgan fingerprint density at radius 1 is 1.64 bits per heavy atom. The Kier molecular flexibility index (Phi) is 2.99. The molecule has 1 fully saturated rings. The first-order chi connectivity index (χ1) is 6.77. The lowest BCUT2D eigenvalue weighted by atomic mass is 9.92. The topological polar surface area (TPSA) is 29.1 Å². The van der Waals surface area contributed by atoms with Gasteiger partial charge in [0.25, 0.3) is 0 Å². The van der Waals surface area contributed by atoms with Crippen LogP contribution in [-0.2, 0) is 11.2 Å². The second-order valence-electron chi connectivity index (χ2n) is 3.96. The van der Waals surface area contributed by atoms with Gasteiger partial charge in [-0.1, -0.05) is 13.0 Å². The van der Waals surface area contributed by atoms with E-state index in [-0.39, 0.29) is 5.92 Å². The number of ketones is 1. The molecular formula is C11H15NOS. The average molecular weight is 209 g/mol. The summed E-state index contributed by atoms with van der Waals surface area (Å²) in [4.78, 5) is 13.1. The number of hydrogen-bond donors (Lipinski definition) is 1. The van der Waals surface area contributed by atoms with Crippen LogP contribution in [0.25, 0.3) is 0 Å². The molecule has 0 saturated carbocycles. The molecule has 1 aliphatic rings. The van der Waals surface area contributed by atoms with Crippen molar-refractivity contribution in [1.82, 2.24) is 5.32 Å². The smallest absolute Gasteiger partial charge is 0.142 e. The summed E-state index contributed by atoms with van der Waals surface area (Å²) in [6.07, 6.45) is 0.619. The Morgan fingerprint density at radius 2 is 2.50 bits per heavy atom. The highest BCUT2D eigenvalue weighted by Gasteiger charge is 2.29. The molecule has 2 heterocycles. The van der Waals surface area contributed by atoms with Crippen LogP contribution in [-0.4, -0.2) is 18.9 Å². The third-order valence-corrected chi connectivity index (χ3v) is 3.74. The standard InChI is InChI=1S/C11H15NOS/c1-8-6-12-7-10(8)11(13)5-9-3-2-4-14-9/h2-4,8,10,12H,5-7H2,1H3. The lowest BCUT2D eigenvalue weighted by molar-refractivity contribution is -0.122. The van der Waals surface area contributed by atoms with Crippen molar-refractivity contribution < 1.29 is 4.79 Å². The molecule has 1 aromatic rings. The van der Waals surface area contributed by atoms with Gasteiger partial charge < -0.3 is 5.32 Å². The second kappa shape index (κ2) is 4.24. The van der Waals surface area contributed by atoms with Crippen LogP contribution in [0.5, 0.6) is 0 Å². The van der Waals surface area contributed by atoms with E-state index in [4.69, 9.17) is 0 Å². The second-order valence-corrected chi connectivity index (χ2v) is 5.00. The maximum Gasteiger partial charge on any atom is 0.142 e. The summed E-state index contributed by atoms with van der Waals surface area (Å²) < 4.78 is 0. The predicted molar refractivity (Wildman–Crippen MR) is 58.6 cm³/mol. The maximum atomic E-state index is 11.9. The normalized spacial score (nSPS) is 26.6. The fourth-order valence-electron chi connectivity index (χ4n) is 1.96. The van der Waals surface area contributed by atoms with Crippen molar-refractivity contribution in [2.75, 3.05) is 13.1 Å². The summed E-state index contributed by atoms with van der Waals surface area (Å²) in [5.41, 5.74) is 0. The fourth-order valence-corrected chi connectivity index (χ4v) is 2.67. The molecule has 3 heteroatoms. The van der Waals surface area contributed by atoms with Crippen LogP contribution in [0.4, 0.5) is 0 Å². The average Bonchev–Trinajstić information content (AvgIpc) is 2.75. The molecule has 0 aromatic carbocycles. The number of thiophene rings is 1. The lowest BCUT2D eigenvalue weighted by Gasteiger charge is -2.11. The number of nitrogens with one attached hydrogen (secondary N) is 1. The van der Waals surface area contributed by atoms with Crippen LogP contribution in [0.1, 0.15) is 11.8 Å². The number of carbonyl (C=O) groups excluding carboxylic acids is 1. The van der Waals surface area contributed by atoms with Gasteiger partial charge in [0.15, 0.2) is 0 Å². The molecule has 0 amide bonds. The third kappa shape index (κ3) is 2.04. The Labute approximate surface area is 88.3 Å². The first kappa shape index (κ1) is 9.87. The largest absolute Gasteiger partial charge is 0.316 e. The van der Waals surface area contributed by atoms with Crippen LogP contribution < -0.4 is 5.32 Å². The van der Waals surface area contributed by atoms with E-state index in [1.54, 1.807) is 11.3 Å². The van der Waals surface area contributed by atoms with Crippen molar-refractivity contribution in [1.29, 1.82) is 0 Å². The molecule has 2 rings (SSSR count). The maximum absolute atomic E-state index is 11.9. The van der Waals surface area contributed by atoms with Crippen molar-refractivity contribution in [3.05, 3.63) is 22.4 Å². The van der Waals surface area contributed by atoms with Crippen molar-refractivity contribution >= 4 is 17.1 Å². The van der Waals surface area contributed by atoms with Crippen LogP contribution in [0, 0.1) is 11.8 Å². The van der Waals surface area contributed by atoms with Crippen LogP contribution in [0.3, 0.4) is 0 Å². The third-order valence-electron chi connectivity index (χ3n) is 2.86. The molecule has 1 aromatic heterocycles. The molecule has 0 bridgehead atoms. The van der Waals surface area contributed by atoms with Gasteiger partial charge in [-0.2, -0.15) is 0 Å². The summed E-state index contributed by atoms with van der Waals surface area (Å²) in [7, 11) is 0. The fraction of sp³-hybridized carbons (Fsp3) is 0.545. The number of Topliss-reactive ketones (excluding diaryl/α,β-unsaturated/α-hetero) is 1. The first-order valence-electron chi connectivity index (χ1n) is 5.03. The first-order valence-corrected chi connectivity index (χ1v) is 5.91. The van der Waals surface area contributed by atoms with Crippen LogP contribution in [0.15, 0.2) is 17.5 Å². The highest BCUT2D eigenvalue weighted by atomic mass is 32.1. The van der Waals surface area contributed by atoms with Crippen LogP contribution >= 0.6 is 11.3 Å². The number of hydrogen-bond acceptors (Lipinski definition) is 3.